The number of methoxy groups -OCH3 is 4. The minimum Gasteiger partial charge on any atom is -0.488 e. The molecule has 86 heavy (non-hydrogen) atoms. The number of benzene rings is 4. The molecular weight excluding hydrogens is 1060 g/mol. The van der Waals surface area contributed by atoms with Crippen LogP contribution in [0.25, 0.3) is 0 Å². The highest BCUT2D eigenvalue weighted by Crippen LogP contribution is 2.36. The Labute approximate surface area is 532 Å². The van der Waals surface area contributed by atoms with Crippen molar-refractivity contribution in [3.8, 4) is 23.0 Å². The molecule has 0 N–H and O–H groups in total. The maximum atomic E-state index is 6.24. The van der Waals surface area contributed by atoms with E-state index in [1.807, 2.05) is 41.5 Å². The van der Waals surface area contributed by atoms with E-state index in [4.69, 9.17) is 28.4 Å². The van der Waals surface area contributed by atoms with E-state index in [2.05, 4.69) is 231 Å². The molecule has 0 bridgehead atoms. The van der Waals surface area contributed by atoms with Gasteiger partial charge in [-0.3, -0.25) is 0 Å². The summed E-state index contributed by atoms with van der Waals surface area (Å²) in [5.74, 6) is 5.24. The molecule has 0 heterocycles. The van der Waals surface area contributed by atoms with Gasteiger partial charge in [0.25, 0.3) is 0 Å². The smallest absolute Gasteiger partial charge is 0.120 e. The normalized spacial score (nSPS) is 15.3. The molecule has 0 aliphatic heterocycles. The molecule has 2 atom stereocenters. The van der Waals surface area contributed by atoms with Crippen molar-refractivity contribution in [2.24, 2.45) is 0 Å². The van der Waals surface area contributed by atoms with Crippen LogP contribution in [0, 0.1) is 0 Å². The van der Waals surface area contributed by atoms with Gasteiger partial charge in [0.05, 0.1) is 11.2 Å². The van der Waals surface area contributed by atoms with E-state index >= 15 is 0 Å². The molecule has 2 aliphatic carbocycles. The van der Waals surface area contributed by atoms with Crippen molar-refractivity contribution in [1.29, 1.82) is 0 Å². The summed E-state index contributed by atoms with van der Waals surface area (Å²) in [5, 5.41) is 0. The quantitative estimate of drug-likeness (QED) is 0.124. The maximum Gasteiger partial charge on any atom is 0.120 e. The third-order valence-electron chi connectivity index (χ3n) is 15.8. The Hall–Kier alpha value is -4.08. The molecule has 4 aromatic carbocycles. The summed E-state index contributed by atoms with van der Waals surface area (Å²) in [6, 6.07) is 34.4. The predicted octanol–water partition coefficient (Wildman–Crippen LogP) is 23.1. The minimum atomic E-state index is -0.123. The molecule has 0 spiro atoms. The predicted molar refractivity (Wildman–Crippen MR) is 374 cm³/mol. The Morgan fingerprint density at radius 3 is 0.779 bits per heavy atom. The molecule has 2 unspecified atom stereocenters. The van der Waals surface area contributed by atoms with Crippen molar-refractivity contribution >= 4 is 0 Å². The lowest BCUT2D eigenvalue weighted by atomic mass is 9.82. The lowest BCUT2D eigenvalue weighted by Crippen LogP contribution is -2.34. The topological polar surface area (TPSA) is 73.8 Å². The number of rotatable bonds is 14. The lowest BCUT2D eigenvalue weighted by molar-refractivity contribution is 0.0394. The molecule has 8 heteroatoms. The standard InChI is InChI=1S/C18H28O.C17H26O.C15H24O.C14H22O.2C5H12O.2C2H6O/c1-5-17(2,3)15-9-11-16(12-10-15)19-18(4)13-7-6-8-14-18;1-4-14(2)15-8-10-16(11-9-15)18-17(3)12-6-5-7-13-17;1-7-15(5,6)12-8-10-13(11-9-12)16-14(2,3)4;1-6-11(2)12-7-9-13(10-8-12)15-14(3,4)5;2*1-5(2,3)6-4;2*1-3-2/h9-12H,5-8,13-14H2,1-4H3;8-11,14H,4-7,12-13H2,1-3H3;8-11H,7H2,1-6H3;7-11H,6H2,1-5H3;2*1-4H3;2*1-2H3. The fraction of sp³-hybridized carbons (Fsp3) is 0.692. The van der Waals surface area contributed by atoms with Crippen molar-refractivity contribution in [3.63, 3.8) is 0 Å². The van der Waals surface area contributed by atoms with E-state index in [1.54, 1.807) is 42.7 Å². The van der Waals surface area contributed by atoms with Crippen LogP contribution in [0.4, 0.5) is 0 Å². The highest BCUT2D eigenvalue weighted by molar-refractivity contribution is 5.34. The summed E-state index contributed by atoms with van der Waals surface area (Å²) in [5.41, 5.74) is 6.05. The first-order valence-corrected chi connectivity index (χ1v) is 32.8. The van der Waals surface area contributed by atoms with Gasteiger partial charge in [-0.1, -0.05) is 131 Å². The van der Waals surface area contributed by atoms with Crippen LogP contribution in [0.15, 0.2) is 97.1 Å². The Morgan fingerprint density at radius 2 is 0.570 bits per heavy atom. The Bertz CT molecular complexity index is 2220. The van der Waals surface area contributed by atoms with Crippen molar-refractivity contribution in [2.45, 2.75) is 312 Å². The molecule has 8 nitrogen and oxygen atoms in total. The van der Waals surface area contributed by atoms with Gasteiger partial charge < -0.3 is 37.9 Å². The van der Waals surface area contributed by atoms with Crippen LogP contribution in [0.1, 0.15) is 290 Å². The van der Waals surface area contributed by atoms with Crippen molar-refractivity contribution in [3.05, 3.63) is 119 Å². The largest absolute Gasteiger partial charge is 0.488 e. The van der Waals surface area contributed by atoms with E-state index in [9.17, 15) is 0 Å². The molecule has 0 amide bonds. The van der Waals surface area contributed by atoms with E-state index in [0.29, 0.717) is 11.8 Å². The molecule has 2 aliphatic rings. The van der Waals surface area contributed by atoms with E-state index in [-0.39, 0.29) is 44.4 Å². The van der Waals surface area contributed by atoms with Crippen LogP contribution in [-0.2, 0) is 29.8 Å². The second-order valence-corrected chi connectivity index (χ2v) is 29.4. The van der Waals surface area contributed by atoms with Gasteiger partial charge in [-0.2, -0.15) is 0 Å². The van der Waals surface area contributed by atoms with Gasteiger partial charge in [-0.05, 0) is 267 Å². The molecule has 4 aromatic rings. The highest BCUT2D eigenvalue weighted by Gasteiger charge is 2.30. The van der Waals surface area contributed by atoms with Crippen molar-refractivity contribution in [1.82, 2.24) is 0 Å². The van der Waals surface area contributed by atoms with E-state index < -0.39 is 0 Å². The average Bonchev–Trinajstić information content (AvgIpc) is 3.14. The zero-order valence-electron chi connectivity index (χ0n) is 61.6. The number of hydrogen-bond donors (Lipinski definition) is 0. The van der Waals surface area contributed by atoms with E-state index in [1.165, 1.54) is 99.3 Å². The highest BCUT2D eigenvalue weighted by atomic mass is 16.5. The zero-order valence-corrected chi connectivity index (χ0v) is 61.6. The van der Waals surface area contributed by atoms with Gasteiger partial charge in [0.2, 0.25) is 0 Å². The van der Waals surface area contributed by atoms with Gasteiger partial charge in [0.1, 0.15) is 45.4 Å². The van der Waals surface area contributed by atoms with Crippen LogP contribution in [0.2, 0.25) is 0 Å². The minimum absolute atomic E-state index is 0.0417. The molecule has 2 saturated carbocycles. The van der Waals surface area contributed by atoms with Crippen LogP contribution in [0.5, 0.6) is 23.0 Å². The average molecular weight is 1200 g/mol. The van der Waals surface area contributed by atoms with Crippen LogP contribution < -0.4 is 18.9 Å². The van der Waals surface area contributed by atoms with Gasteiger partial charge >= 0.3 is 0 Å². The Kier molecular flexibility index (Phi) is 40.3. The molecule has 6 rings (SSSR count). The summed E-state index contributed by atoms with van der Waals surface area (Å²) >= 11 is 0. The third-order valence-corrected chi connectivity index (χ3v) is 15.8. The lowest BCUT2D eigenvalue weighted by Gasteiger charge is -2.34. The second-order valence-electron chi connectivity index (χ2n) is 29.4. The van der Waals surface area contributed by atoms with Crippen molar-refractivity contribution in [2.75, 3.05) is 42.7 Å². The summed E-state index contributed by atoms with van der Waals surface area (Å²) in [6.45, 7) is 51.6. The maximum absolute atomic E-state index is 6.24. The summed E-state index contributed by atoms with van der Waals surface area (Å²) in [4.78, 5) is 0. The van der Waals surface area contributed by atoms with Gasteiger partial charge in [0.15, 0.2) is 0 Å². The Morgan fingerprint density at radius 1 is 0.349 bits per heavy atom. The summed E-state index contributed by atoms with van der Waals surface area (Å²) in [7, 11) is 9.92. The van der Waals surface area contributed by atoms with Crippen LogP contribution >= 0.6 is 0 Å². The number of hydrogen-bond acceptors (Lipinski definition) is 8. The number of ether oxygens (including phenoxy) is 8. The molecule has 0 aromatic heterocycles. The molecule has 0 radical (unpaired) electrons. The van der Waals surface area contributed by atoms with Crippen molar-refractivity contribution < 1.29 is 37.9 Å². The van der Waals surface area contributed by atoms with Gasteiger partial charge in [0, 0.05) is 42.7 Å². The molecule has 496 valence electrons. The second kappa shape index (κ2) is 41.3. The molecule has 0 saturated heterocycles. The van der Waals surface area contributed by atoms with Gasteiger partial charge in [-0.25, -0.2) is 0 Å². The van der Waals surface area contributed by atoms with Crippen LogP contribution in [0.3, 0.4) is 0 Å². The molecular formula is C78H136O8. The fourth-order valence-electron chi connectivity index (χ4n) is 8.64. The van der Waals surface area contributed by atoms with Gasteiger partial charge in [-0.15, -0.1) is 0 Å². The SMILES string of the molecule is CCC(C)(C)c1ccc(OC(C)(C)C)cc1.CCC(C)(C)c1ccc(OC2(C)CCCCC2)cc1.CCC(C)c1ccc(OC(C)(C)C)cc1.CCC(C)c1ccc(OC2(C)CCCCC2)cc1.COC.COC.COC(C)(C)C.COC(C)(C)C. The summed E-state index contributed by atoms with van der Waals surface area (Å²) < 4.78 is 42.4. The monoisotopic (exact) mass is 1200 g/mol. The third kappa shape index (κ3) is 39.7. The first-order valence-electron chi connectivity index (χ1n) is 32.8. The molecule has 2 fully saturated rings. The first kappa shape index (κ1) is 84.0. The summed E-state index contributed by atoms with van der Waals surface area (Å²) in [6.07, 6.45) is 17.4. The first-order chi connectivity index (χ1) is 39.7. The Balaban J connectivity index is 0. The van der Waals surface area contributed by atoms with E-state index in [0.717, 1.165) is 35.8 Å². The fourth-order valence-corrected chi connectivity index (χ4v) is 8.64. The van der Waals surface area contributed by atoms with Crippen LogP contribution in [-0.4, -0.2) is 76.3 Å². The zero-order chi connectivity index (χ0) is 66.6.